The summed E-state index contributed by atoms with van der Waals surface area (Å²) >= 11 is 0. The lowest BCUT2D eigenvalue weighted by Crippen LogP contribution is -2.34. The van der Waals surface area contributed by atoms with Gasteiger partial charge in [0.15, 0.2) is 0 Å². The van der Waals surface area contributed by atoms with Gasteiger partial charge >= 0.3 is 17.5 Å². The molecule has 4 aromatic carbocycles. The number of hydrogen-bond acceptors (Lipinski definition) is 16. The zero-order valence-corrected chi connectivity index (χ0v) is 62.5. The lowest BCUT2D eigenvalue weighted by atomic mass is 9.92. The highest BCUT2D eigenvalue weighted by Crippen LogP contribution is 2.47. The Bertz CT molecular complexity index is 5380. The fourth-order valence-corrected chi connectivity index (χ4v) is 17.4. The van der Waals surface area contributed by atoms with Gasteiger partial charge in [-0.1, -0.05) is 38.1 Å². The summed E-state index contributed by atoms with van der Waals surface area (Å²) in [4.78, 5) is 50.0. The standard InChI is InChI=1S/C81H93N15O9/c1-13-69-68(70(14-2)96(92-69)41-74-86-88-81(100)103-74)36-55-32-45(6)79(64-26-18-22-60(55)64)105-78-44(5)31-54(59-21-17-25-63(59)78)35-67-48(9)91-95(51(67)12)40-71(97)82-38-75(98)101-73-37-56(83-85-73)39-94-50(11)66(47(8)90-94)34-53-30-43(4)77(62-24-16-20-58(53)62)104-76-42(3)29-52(57-19-15-23-61(57)76)33-65-46(7)89-93(49(65)10)28-27-72-84-87-80(99)102-72/h29-32,37H,13-28,33-36,38-41H2,1-12H3,(H,82,97)(H,83,85)(H,87,99)(H,88,100). The molecule has 0 aliphatic heterocycles. The zero-order valence-electron chi connectivity index (χ0n) is 62.5. The molecule has 0 saturated heterocycles. The van der Waals surface area contributed by atoms with E-state index in [1.54, 1.807) is 10.7 Å². The highest BCUT2D eigenvalue weighted by molar-refractivity contribution is 5.82. The van der Waals surface area contributed by atoms with Gasteiger partial charge in [-0.15, -0.1) is 15.3 Å². The first kappa shape index (κ1) is 70.0. The van der Waals surface area contributed by atoms with Crippen LogP contribution in [0.1, 0.15) is 214 Å². The third-order valence-electron chi connectivity index (χ3n) is 22.6. The Labute approximate surface area is 609 Å². The SMILES string of the molecule is CCc1nn(Cc2n[nH]c(=O)o2)c(CC)c1Cc1cc(C)c(Oc2c(C)cc(Cc3c(C)nn(CC(=O)NCC(=O)Oc4cc(Cn5nc(C)c(Cc6cc(C)c(Oc7c(C)cc(Cc8c(C)nn(CCc9n[nH]c(=O)o9)c8C)c8c7CCC8)c7c6CCC7)c5C)[nH]n4)c3C)c3c2CCC3)c2c1CCC2. The molecule has 11 aromatic rings. The van der Waals surface area contributed by atoms with E-state index in [9.17, 15) is 19.2 Å². The molecule has 0 fully saturated rings. The van der Waals surface area contributed by atoms with E-state index in [-0.39, 0.29) is 24.9 Å². The van der Waals surface area contributed by atoms with Crippen molar-refractivity contribution < 1.29 is 32.6 Å². The summed E-state index contributed by atoms with van der Waals surface area (Å²) in [6.07, 6.45) is 17.1. The van der Waals surface area contributed by atoms with Crippen molar-refractivity contribution >= 4 is 11.9 Å². The number of rotatable bonds is 26. The van der Waals surface area contributed by atoms with Crippen molar-refractivity contribution in [1.82, 2.24) is 75.0 Å². The first-order chi connectivity index (χ1) is 50.6. The van der Waals surface area contributed by atoms with Crippen LogP contribution in [0.2, 0.25) is 0 Å². The van der Waals surface area contributed by atoms with E-state index in [0.29, 0.717) is 50.0 Å². The number of nitrogens with zero attached hydrogens (tertiary/aromatic N) is 11. The topological polar surface area (TPSA) is 292 Å². The molecule has 4 aliphatic rings. The van der Waals surface area contributed by atoms with Crippen LogP contribution in [-0.4, -0.2) is 88.1 Å². The van der Waals surface area contributed by atoms with Gasteiger partial charge < -0.3 is 28.4 Å². The number of aromatic amines is 3. The van der Waals surface area contributed by atoms with Crippen molar-refractivity contribution in [2.75, 3.05) is 6.54 Å². The second-order valence-corrected chi connectivity index (χ2v) is 29.3. The lowest BCUT2D eigenvalue weighted by molar-refractivity contribution is -0.136. The average Bonchev–Trinajstić information content (AvgIpc) is 1.69. The summed E-state index contributed by atoms with van der Waals surface area (Å²) in [6.45, 7) is 26.2. The Hall–Kier alpha value is -10.7. The predicted octanol–water partition coefficient (Wildman–Crippen LogP) is 11.7. The summed E-state index contributed by atoms with van der Waals surface area (Å²) in [7, 11) is 0. The fourth-order valence-electron chi connectivity index (χ4n) is 17.4. The third-order valence-corrected chi connectivity index (χ3v) is 22.6. The number of ether oxygens (including phenoxy) is 3. The van der Waals surface area contributed by atoms with Gasteiger partial charge in [0.2, 0.25) is 23.6 Å². The molecule has 0 radical (unpaired) electrons. The van der Waals surface area contributed by atoms with E-state index in [1.165, 1.54) is 83.5 Å². The van der Waals surface area contributed by atoms with Gasteiger partial charge in [0.25, 0.3) is 0 Å². The van der Waals surface area contributed by atoms with Gasteiger partial charge in [-0.3, -0.25) is 28.6 Å². The van der Waals surface area contributed by atoms with Crippen LogP contribution in [0.5, 0.6) is 28.9 Å². The maximum atomic E-state index is 13.5. The molecule has 0 spiro atoms. The monoisotopic (exact) mass is 1420 g/mol. The summed E-state index contributed by atoms with van der Waals surface area (Å²) in [5, 5.41) is 42.5. The number of fused-ring (bicyclic) bond motifs is 4. The van der Waals surface area contributed by atoms with Crippen LogP contribution in [-0.2, 0) is 132 Å². The summed E-state index contributed by atoms with van der Waals surface area (Å²) < 4.78 is 38.1. The second kappa shape index (κ2) is 28.8. The maximum Gasteiger partial charge on any atom is 0.434 e. The van der Waals surface area contributed by atoms with Crippen LogP contribution >= 0.6 is 0 Å². The van der Waals surface area contributed by atoms with Crippen molar-refractivity contribution in [3.63, 3.8) is 0 Å². The van der Waals surface area contributed by atoms with E-state index in [0.717, 1.165) is 206 Å². The number of benzene rings is 4. The zero-order chi connectivity index (χ0) is 73.2. The quantitative estimate of drug-likeness (QED) is 0.0366. The van der Waals surface area contributed by atoms with E-state index < -0.39 is 17.5 Å². The molecule has 1 amide bonds. The molecule has 4 N–H and O–H groups in total. The van der Waals surface area contributed by atoms with Crippen LogP contribution in [0.15, 0.2) is 48.8 Å². The molecule has 4 aliphatic carbocycles. The first-order valence-corrected chi connectivity index (χ1v) is 37.3. The molecule has 24 nitrogen and oxygen atoms in total. The lowest BCUT2D eigenvalue weighted by Gasteiger charge is -2.22. The Morgan fingerprint density at radius 1 is 0.476 bits per heavy atom. The minimum atomic E-state index is -0.646. The number of carbonyl (C=O) groups excluding carboxylic acids is 2. The number of hydrogen-bond donors (Lipinski definition) is 4. The molecule has 105 heavy (non-hydrogen) atoms. The molecule has 24 heteroatoms. The first-order valence-electron chi connectivity index (χ1n) is 37.3. The number of H-pyrrole nitrogens is 3. The molecule has 0 atom stereocenters. The van der Waals surface area contributed by atoms with Crippen molar-refractivity contribution in [3.8, 4) is 28.9 Å². The van der Waals surface area contributed by atoms with Crippen molar-refractivity contribution in [2.45, 2.75) is 231 Å². The number of amides is 1. The van der Waals surface area contributed by atoms with Crippen LogP contribution in [0.4, 0.5) is 0 Å². The molecular weight excluding hydrogens is 1330 g/mol. The van der Waals surface area contributed by atoms with Crippen LogP contribution in [0.3, 0.4) is 0 Å². The summed E-state index contributed by atoms with van der Waals surface area (Å²) in [6, 6.07) is 11.0. The Morgan fingerprint density at radius 2 is 0.905 bits per heavy atom. The van der Waals surface area contributed by atoms with Crippen LogP contribution in [0.25, 0.3) is 0 Å². The molecule has 546 valence electrons. The number of nitrogens with one attached hydrogen (secondary N) is 4. The summed E-state index contributed by atoms with van der Waals surface area (Å²) in [5.74, 6) is 2.58. The molecule has 0 bridgehead atoms. The van der Waals surface area contributed by atoms with Gasteiger partial charge in [-0.05, 0) is 248 Å². The minimum absolute atomic E-state index is 0.0593. The molecule has 15 rings (SSSR count). The maximum absolute atomic E-state index is 13.5. The van der Waals surface area contributed by atoms with Crippen molar-refractivity contribution in [1.29, 1.82) is 0 Å². The number of aryl methyl sites for hydroxylation is 10. The van der Waals surface area contributed by atoms with Crippen molar-refractivity contribution in [3.05, 3.63) is 226 Å². The molecule has 7 heterocycles. The molecular formula is C81H93N15O9. The van der Waals surface area contributed by atoms with Gasteiger partial charge in [-0.25, -0.2) is 24.6 Å². The van der Waals surface area contributed by atoms with Gasteiger partial charge in [-0.2, -0.15) is 20.4 Å². The van der Waals surface area contributed by atoms with E-state index >= 15 is 0 Å². The Balaban J connectivity index is 0.556. The third kappa shape index (κ3) is 13.7. The molecule has 0 saturated carbocycles. The van der Waals surface area contributed by atoms with Crippen LogP contribution in [0, 0.1) is 69.2 Å². The number of aromatic nitrogens is 14. The molecule has 7 aromatic heterocycles. The smallest absolute Gasteiger partial charge is 0.434 e. The summed E-state index contributed by atoms with van der Waals surface area (Å²) in [5.41, 5.74) is 33.8. The second-order valence-electron chi connectivity index (χ2n) is 29.3. The normalized spacial score (nSPS) is 13.7. The predicted molar refractivity (Wildman–Crippen MR) is 394 cm³/mol. The average molecular weight is 1420 g/mol. The van der Waals surface area contributed by atoms with Crippen molar-refractivity contribution in [2.24, 2.45) is 0 Å². The Kier molecular flexibility index (Phi) is 19.2. The highest BCUT2D eigenvalue weighted by Gasteiger charge is 2.32. The van der Waals surface area contributed by atoms with Crippen LogP contribution < -0.4 is 31.0 Å². The van der Waals surface area contributed by atoms with Gasteiger partial charge in [0.05, 0.1) is 35.0 Å². The number of esters is 1. The van der Waals surface area contributed by atoms with Gasteiger partial charge in [0, 0.05) is 89.7 Å². The Morgan fingerprint density at radius 3 is 1.36 bits per heavy atom. The van der Waals surface area contributed by atoms with E-state index in [2.05, 4.69) is 129 Å². The number of carbonyl (C=O) groups is 2. The minimum Gasteiger partial charge on any atom is -0.456 e. The van der Waals surface area contributed by atoms with E-state index in [1.807, 2.05) is 27.9 Å². The largest absolute Gasteiger partial charge is 0.456 e. The molecule has 0 unspecified atom stereocenters. The fraction of sp³-hybridized carbons (Fsp3) is 0.444. The van der Waals surface area contributed by atoms with Gasteiger partial charge in [0.1, 0.15) is 42.6 Å². The van der Waals surface area contributed by atoms with E-state index in [4.69, 9.17) is 43.4 Å². The highest BCUT2D eigenvalue weighted by atomic mass is 16.5.